The van der Waals surface area contributed by atoms with Gasteiger partial charge in [-0.25, -0.2) is 0 Å². The smallest absolute Gasteiger partial charge is 0.0702 e. The van der Waals surface area contributed by atoms with E-state index in [9.17, 15) is 0 Å². The molecule has 15 heavy (non-hydrogen) atoms. The van der Waals surface area contributed by atoms with Crippen LogP contribution in [0.1, 0.15) is 11.1 Å². The van der Waals surface area contributed by atoms with Gasteiger partial charge in [0.05, 0.1) is 5.69 Å². The molecule has 0 fully saturated rings. The van der Waals surface area contributed by atoms with E-state index in [2.05, 4.69) is 30.1 Å². The topological polar surface area (TPSA) is 12.9 Å². The van der Waals surface area contributed by atoms with Crippen molar-refractivity contribution in [1.82, 2.24) is 4.98 Å². The zero-order valence-corrected chi connectivity index (χ0v) is 9.33. The molecule has 1 aromatic heterocycles. The molecule has 0 atom stereocenters. The summed E-state index contributed by atoms with van der Waals surface area (Å²) in [6.45, 7) is 2.07. The number of alkyl halides is 1. The summed E-state index contributed by atoms with van der Waals surface area (Å²) in [5.74, 6) is 0.564. The standard InChI is InChI=1S/C13H12ClN/c1-10-8-11(5-6-12(10)9-14)13-4-2-3-7-15-13/h2-8H,9H2,1H3. The lowest BCUT2D eigenvalue weighted by Crippen LogP contribution is -1.87. The zero-order valence-electron chi connectivity index (χ0n) is 8.57. The summed E-state index contributed by atoms with van der Waals surface area (Å²) in [5, 5.41) is 0. The molecule has 0 aliphatic carbocycles. The van der Waals surface area contributed by atoms with Gasteiger partial charge in [0.1, 0.15) is 0 Å². The Bertz CT molecular complexity index is 451. The lowest BCUT2D eigenvalue weighted by Gasteiger charge is -2.05. The quantitative estimate of drug-likeness (QED) is 0.698. The minimum absolute atomic E-state index is 0.564. The van der Waals surface area contributed by atoms with Crippen LogP contribution in [0.5, 0.6) is 0 Å². The van der Waals surface area contributed by atoms with Gasteiger partial charge in [0, 0.05) is 17.6 Å². The number of halogens is 1. The van der Waals surface area contributed by atoms with Gasteiger partial charge in [0.2, 0.25) is 0 Å². The largest absolute Gasteiger partial charge is 0.256 e. The van der Waals surface area contributed by atoms with Gasteiger partial charge in [0.15, 0.2) is 0 Å². The maximum Gasteiger partial charge on any atom is 0.0702 e. The van der Waals surface area contributed by atoms with Crippen molar-refractivity contribution >= 4 is 11.6 Å². The molecule has 1 nitrogen and oxygen atoms in total. The summed E-state index contributed by atoms with van der Waals surface area (Å²) >= 11 is 5.81. The number of pyridine rings is 1. The monoisotopic (exact) mass is 217 g/mol. The number of nitrogens with zero attached hydrogens (tertiary/aromatic N) is 1. The third-order valence-electron chi connectivity index (χ3n) is 2.45. The van der Waals surface area contributed by atoms with E-state index in [1.807, 2.05) is 18.2 Å². The van der Waals surface area contributed by atoms with Crippen LogP contribution in [0.2, 0.25) is 0 Å². The van der Waals surface area contributed by atoms with Crippen molar-refractivity contribution in [3.05, 3.63) is 53.7 Å². The SMILES string of the molecule is Cc1cc(-c2ccccn2)ccc1CCl. The van der Waals surface area contributed by atoms with Gasteiger partial charge in [-0.3, -0.25) is 4.98 Å². The van der Waals surface area contributed by atoms with Crippen molar-refractivity contribution < 1.29 is 0 Å². The summed E-state index contributed by atoms with van der Waals surface area (Å²) in [6, 6.07) is 12.2. The van der Waals surface area contributed by atoms with Gasteiger partial charge >= 0.3 is 0 Å². The summed E-state index contributed by atoms with van der Waals surface area (Å²) in [6.07, 6.45) is 1.81. The highest BCUT2D eigenvalue weighted by Gasteiger charge is 2.01. The Morgan fingerprint density at radius 2 is 2.07 bits per heavy atom. The normalized spacial score (nSPS) is 10.3. The molecule has 0 spiro atoms. The first-order valence-electron chi connectivity index (χ1n) is 4.88. The van der Waals surface area contributed by atoms with Crippen molar-refractivity contribution in [3.63, 3.8) is 0 Å². The van der Waals surface area contributed by atoms with Crippen LogP contribution in [-0.2, 0) is 5.88 Å². The lowest BCUT2D eigenvalue weighted by atomic mass is 10.0. The molecule has 2 heteroatoms. The highest BCUT2D eigenvalue weighted by atomic mass is 35.5. The van der Waals surface area contributed by atoms with E-state index in [1.54, 1.807) is 6.20 Å². The molecule has 0 aliphatic heterocycles. The first-order valence-corrected chi connectivity index (χ1v) is 5.41. The fraction of sp³-hybridized carbons (Fsp3) is 0.154. The van der Waals surface area contributed by atoms with Crippen LogP contribution in [0.15, 0.2) is 42.6 Å². The summed E-state index contributed by atoms with van der Waals surface area (Å²) in [7, 11) is 0. The molecule has 0 N–H and O–H groups in total. The van der Waals surface area contributed by atoms with E-state index in [0.29, 0.717) is 5.88 Å². The van der Waals surface area contributed by atoms with Crippen molar-refractivity contribution in [2.45, 2.75) is 12.8 Å². The van der Waals surface area contributed by atoms with E-state index in [-0.39, 0.29) is 0 Å². The van der Waals surface area contributed by atoms with Crippen LogP contribution >= 0.6 is 11.6 Å². The Balaban J connectivity index is 2.43. The molecular weight excluding hydrogens is 206 g/mol. The van der Waals surface area contributed by atoms with Crippen molar-refractivity contribution in [2.24, 2.45) is 0 Å². The van der Waals surface area contributed by atoms with Crippen LogP contribution in [0, 0.1) is 6.92 Å². The highest BCUT2D eigenvalue weighted by Crippen LogP contribution is 2.20. The van der Waals surface area contributed by atoms with Gasteiger partial charge in [-0.2, -0.15) is 0 Å². The fourth-order valence-corrected chi connectivity index (χ4v) is 1.84. The summed E-state index contributed by atoms with van der Waals surface area (Å²) < 4.78 is 0. The molecule has 0 radical (unpaired) electrons. The van der Waals surface area contributed by atoms with E-state index in [4.69, 9.17) is 11.6 Å². The Hall–Kier alpha value is -1.34. The first kappa shape index (κ1) is 10.2. The van der Waals surface area contributed by atoms with Crippen LogP contribution in [0.4, 0.5) is 0 Å². The Morgan fingerprint density at radius 3 is 2.67 bits per heavy atom. The molecule has 2 aromatic rings. The molecule has 0 saturated carbocycles. The van der Waals surface area contributed by atoms with Gasteiger partial charge in [-0.15, -0.1) is 11.6 Å². The average molecular weight is 218 g/mol. The predicted octanol–water partition coefficient (Wildman–Crippen LogP) is 3.80. The summed E-state index contributed by atoms with van der Waals surface area (Å²) in [4.78, 5) is 4.31. The molecule has 1 aromatic carbocycles. The van der Waals surface area contributed by atoms with E-state index in [0.717, 1.165) is 11.3 Å². The zero-order chi connectivity index (χ0) is 10.7. The maximum absolute atomic E-state index is 5.81. The second-order valence-corrected chi connectivity index (χ2v) is 3.76. The van der Waals surface area contributed by atoms with Crippen LogP contribution in [0.3, 0.4) is 0 Å². The van der Waals surface area contributed by atoms with Gasteiger partial charge < -0.3 is 0 Å². The van der Waals surface area contributed by atoms with Crippen LogP contribution in [0.25, 0.3) is 11.3 Å². The van der Waals surface area contributed by atoms with E-state index >= 15 is 0 Å². The number of benzene rings is 1. The third-order valence-corrected chi connectivity index (χ3v) is 2.74. The number of aromatic nitrogens is 1. The van der Waals surface area contributed by atoms with Gasteiger partial charge in [0.25, 0.3) is 0 Å². The molecular formula is C13H12ClN. The van der Waals surface area contributed by atoms with Crippen LogP contribution < -0.4 is 0 Å². The average Bonchev–Trinajstić information content (AvgIpc) is 2.30. The number of aryl methyl sites for hydroxylation is 1. The second kappa shape index (κ2) is 4.45. The van der Waals surface area contributed by atoms with E-state index < -0.39 is 0 Å². The molecule has 0 aliphatic rings. The molecule has 0 saturated heterocycles. The Labute approximate surface area is 94.7 Å². The van der Waals surface area contributed by atoms with E-state index in [1.165, 1.54) is 11.1 Å². The Morgan fingerprint density at radius 1 is 1.20 bits per heavy atom. The molecule has 0 amide bonds. The predicted molar refractivity (Wildman–Crippen MR) is 64.0 cm³/mol. The number of hydrogen-bond acceptors (Lipinski definition) is 1. The second-order valence-electron chi connectivity index (χ2n) is 3.49. The third kappa shape index (κ3) is 2.18. The minimum Gasteiger partial charge on any atom is -0.256 e. The van der Waals surface area contributed by atoms with Crippen molar-refractivity contribution in [2.75, 3.05) is 0 Å². The molecule has 1 heterocycles. The molecule has 76 valence electrons. The number of rotatable bonds is 2. The Kier molecular flexibility index (Phi) is 3.02. The van der Waals surface area contributed by atoms with Crippen molar-refractivity contribution in [3.8, 4) is 11.3 Å². The first-order chi connectivity index (χ1) is 7.31. The van der Waals surface area contributed by atoms with Crippen molar-refractivity contribution in [1.29, 1.82) is 0 Å². The molecule has 0 unspecified atom stereocenters. The molecule has 2 rings (SSSR count). The minimum atomic E-state index is 0.564. The maximum atomic E-state index is 5.81. The molecule has 0 bridgehead atoms. The summed E-state index contributed by atoms with van der Waals surface area (Å²) in [5.41, 5.74) is 4.54. The lowest BCUT2D eigenvalue weighted by molar-refractivity contribution is 1.28. The van der Waals surface area contributed by atoms with Crippen LogP contribution in [-0.4, -0.2) is 4.98 Å². The highest BCUT2D eigenvalue weighted by molar-refractivity contribution is 6.17. The fourth-order valence-electron chi connectivity index (χ4n) is 1.54. The van der Waals surface area contributed by atoms with Gasteiger partial charge in [-0.1, -0.05) is 18.2 Å². The van der Waals surface area contributed by atoms with Gasteiger partial charge in [-0.05, 0) is 36.2 Å². The number of hydrogen-bond donors (Lipinski definition) is 0.